The highest BCUT2D eigenvalue weighted by atomic mass is 32.1. The number of nitrogens with one attached hydrogen (secondary N) is 1. The summed E-state index contributed by atoms with van der Waals surface area (Å²) in [7, 11) is 3.86. The molecule has 0 aliphatic carbocycles. The summed E-state index contributed by atoms with van der Waals surface area (Å²) in [5, 5.41) is 5.46. The minimum absolute atomic E-state index is 0.0423. The van der Waals surface area contributed by atoms with E-state index in [-0.39, 0.29) is 6.10 Å². The average molecular weight is 490 g/mol. The molecule has 4 aromatic rings. The van der Waals surface area contributed by atoms with Crippen LogP contribution in [0.4, 0.5) is 11.6 Å². The van der Waals surface area contributed by atoms with Crippen LogP contribution in [0.15, 0.2) is 48.1 Å². The number of pyridine rings is 1. The highest BCUT2D eigenvalue weighted by Crippen LogP contribution is 2.38. The van der Waals surface area contributed by atoms with Gasteiger partial charge < -0.3 is 19.7 Å². The van der Waals surface area contributed by atoms with E-state index >= 15 is 0 Å². The number of methoxy groups -OCH3 is 1. The number of benzene rings is 1. The van der Waals surface area contributed by atoms with Gasteiger partial charge in [-0.2, -0.15) is 0 Å². The van der Waals surface area contributed by atoms with Crippen LogP contribution >= 0.6 is 11.3 Å². The third kappa shape index (κ3) is 5.09. The van der Waals surface area contributed by atoms with Crippen LogP contribution in [0, 0.1) is 0 Å². The van der Waals surface area contributed by atoms with Gasteiger partial charge in [0.15, 0.2) is 0 Å². The normalized spacial score (nSPS) is 15.0. The Morgan fingerprint density at radius 2 is 1.86 bits per heavy atom. The molecule has 4 heterocycles. The van der Waals surface area contributed by atoms with Gasteiger partial charge in [0.05, 0.1) is 35.8 Å². The summed E-state index contributed by atoms with van der Waals surface area (Å²) < 4.78 is 12.8. The largest absolute Gasteiger partial charge is 0.496 e. The number of fused-ring (bicyclic) bond motifs is 1. The number of piperidine rings is 1. The van der Waals surface area contributed by atoms with Gasteiger partial charge in [-0.25, -0.2) is 9.97 Å². The maximum absolute atomic E-state index is 6.18. The molecule has 0 amide bonds. The zero-order valence-electron chi connectivity index (χ0n) is 20.6. The molecule has 1 fully saturated rings. The van der Waals surface area contributed by atoms with Crippen molar-refractivity contribution in [3.8, 4) is 22.6 Å². The van der Waals surface area contributed by atoms with Gasteiger partial charge in [-0.3, -0.25) is 4.98 Å². The lowest BCUT2D eigenvalue weighted by Crippen LogP contribution is -2.29. The zero-order chi connectivity index (χ0) is 24.4. The van der Waals surface area contributed by atoms with Gasteiger partial charge in [0.2, 0.25) is 5.95 Å². The number of para-hydroxylation sites is 1. The smallest absolute Gasteiger partial charge is 0.227 e. The van der Waals surface area contributed by atoms with Crippen molar-refractivity contribution in [1.29, 1.82) is 0 Å². The van der Waals surface area contributed by atoms with Crippen molar-refractivity contribution in [3.05, 3.63) is 53.8 Å². The monoisotopic (exact) mass is 489 g/mol. The first-order valence-corrected chi connectivity index (χ1v) is 12.9. The summed E-state index contributed by atoms with van der Waals surface area (Å²) in [5.41, 5.74) is 4.79. The number of likely N-dealkylation sites (tertiary alicyclic amines) is 1. The highest BCUT2D eigenvalue weighted by Gasteiger charge is 2.22. The molecule has 0 spiro atoms. The van der Waals surface area contributed by atoms with Gasteiger partial charge in [-0.15, -0.1) is 11.3 Å². The fourth-order valence-corrected chi connectivity index (χ4v) is 5.36. The van der Waals surface area contributed by atoms with Crippen LogP contribution in [-0.2, 0) is 0 Å². The number of thiophene rings is 1. The number of aromatic nitrogens is 3. The van der Waals surface area contributed by atoms with Crippen LogP contribution < -0.4 is 14.8 Å². The quantitative estimate of drug-likeness (QED) is 0.336. The van der Waals surface area contributed by atoms with Gasteiger partial charge in [0.25, 0.3) is 0 Å². The molecule has 3 aromatic heterocycles. The predicted octanol–water partition coefficient (Wildman–Crippen LogP) is 6.10. The van der Waals surface area contributed by atoms with E-state index in [4.69, 9.17) is 19.4 Å². The van der Waals surface area contributed by atoms with Gasteiger partial charge in [0.1, 0.15) is 17.2 Å². The van der Waals surface area contributed by atoms with E-state index in [1.807, 2.05) is 44.4 Å². The topological polar surface area (TPSA) is 72.4 Å². The van der Waals surface area contributed by atoms with Crippen molar-refractivity contribution in [3.63, 3.8) is 0 Å². The molecular weight excluding hydrogens is 458 g/mol. The number of rotatable bonds is 7. The Morgan fingerprint density at radius 3 is 2.63 bits per heavy atom. The second-order valence-corrected chi connectivity index (χ2v) is 10.1. The van der Waals surface area contributed by atoms with Gasteiger partial charge in [0, 0.05) is 34.2 Å². The van der Waals surface area contributed by atoms with Crippen LogP contribution in [0.25, 0.3) is 21.3 Å². The highest BCUT2D eigenvalue weighted by molar-refractivity contribution is 7.17. The molecule has 7 nitrogen and oxygen atoms in total. The van der Waals surface area contributed by atoms with Crippen LogP contribution in [0.2, 0.25) is 0 Å². The SMILES string of the molecule is COc1ccccc1-c1csc2cnc(Nc3cnc(C4CCN(C)CC4)cc3OC(C)C)nc12. The lowest BCUT2D eigenvalue weighted by atomic mass is 9.93. The number of hydrogen-bond acceptors (Lipinski definition) is 8. The second kappa shape index (κ2) is 10.2. The van der Waals surface area contributed by atoms with Crippen molar-refractivity contribution in [2.24, 2.45) is 0 Å². The molecule has 0 atom stereocenters. The summed E-state index contributed by atoms with van der Waals surface area (Å²) in [6.07, 6.45) is 5.98. The molecule has 1 aromatic carbocycles. The molecule has 1 aliphatic rings. The molecule has 0 unspecified atom stereocenters. The predicted molar refractivity (Wildman–Crippen MR) is 142 cm³/mol. The lowest BCUT2D eigenvalue weighted by molar-refractivity contribution is 0.240. The summed E-state index contributed by atoms with van der Waals surface area (Å²) in [4.78, 5) is 16.6. The molecule has 0 radical (unpaired) electrons. The van der Waals surface area contributed by atoms with Crippen molar-refractivity contribution < 1.29 is 9.47 Å². The van der Waals surface area contributed by atoms with Crippen LogP contribution in [-0.4, -0.2) is 53.2 Å². The Bertz CT molecular complexity index is 1310. The second-order valence-electron chi connectivity index (χ2n) is 9.23. The van der Waals surface area contributed by atoms with Crippen LogP contribution in [0.1, 0.15) is 38.3 Å². The van der Waals surface area contributed by atoms with Crippen LogP contribution in [0.5, 0.6) is 11.5 Å². The number of hydrogen-bond donors (Lipinski definition) is 1. The molecular formula is C27H31N5O2S. The maximum Gasteiger partial charge on any atom is 0.227 e. The Labute approximate surface area is 210 Å². The van der Waals surface area contributed by atoms with E-state index in [9.17, 15) is 0 Å². The van der Waals surface area contributed by atoms with E-state index in [1.54, 1.807) is 18.4 Å². The van der Waals surface area contributed by atoms with Crippen molar-refractivity contribution in [2.75, 3.05) is 32.6 Å². The van der Waals surface area contributed by atoms with E-state index in [1.165, 1.54) is 0 Å². The van der Waals surface area contributed by atoms with Gasteiger partial charge in [-0.05, 0) is 52.9 Å². The number of anilines is 2. The van der Waals surface area contributed by atoms with E-state index in [0.29, 0.717) is 11.9 Å². The summed E-state index contributed by atoms with van der Waals surface area (Å²) >= 11 is 1.62. The van der Waals surface area contributed by atoms with E-state index in [2.05, 4.69) is 39.8 Å². The fourth-order valence-electron chi connectivity index (χ4n) is 4.49. The molecule has 0 saturated carbocycles. The fraction of sp³-hybridized carbons (Fsp3) is 0.370. The number of nitrogens with zero attached hydrogens (tertiary/aromatic N) is 4. The maximum atomic E-state index is 6.18. The van der Waals surface area contributed by atoms with Crippen molar-refractivity contribution in [1.82, 2.24) is 19.9 Å². The number of ether oxygens (including phenoxy) is 2. The molecule has 1 N–H and O–H groups in total. The minimum atomic E-state index is 0.0423. The summed E-state index contributed by atoms with van der Waals surface area (Å²) in [5.74, 6) is 2.57. The molecule has 0 bridgehead atoms. The Morgan fingerprint density at radius 1 is 1.06 bits per heavy atom. The summed E-state index contributed by atoms with van der Waals surface area (Å²) in [6, 6.07) is 10.1. The molecule has 182 valence electrons. The van der Waals surface area contributed by atoms with Gasteiger partial charge in [-0.1, -0.05) is 18.2 Å². The average Bonchev–Trinajstić information content (AvgIpc) is 3.28. The van der Waals surface area contributed by atoms with E-state index in [0.717, 1.165) is 70.2 Å². The standard InChI is InChI=1S/C27H31N5O2S/c1-17(2)34-24-13-21(18-9-11-32(3)12-10-18)28-14-22(24)30-27-29-15-25-26(31-27)20(16-35-25)19-7-5-6-8-23(19)33-4/h5-8,13-18H,9-12H2,1-4H3,(H,29,30,31). The van der Waals surface area contributed by atoms with Crippen molar-refractivity contribution in [2.45, 2.75) is 38.7 Å². The zero-order valence-corrected chi connectivity index (χ0v) is 21.4. The Hall–Kier alpha value is -3.23. The first-order valence-electron chi connectivity index (χ1n) is 12.0. The summed E-state index contributed by atoms with van der Waals surface area (Å²) in [6.45, 7) is 6.26. The Kier molecular flexibility index (Phi) is 6.83. The van der Waals surface area contributed by atoms with Gasteiger partial charge >= 0.3 is 0 Å². The third-order valence-electron chi connectivity index (χ3n) is 6.34. The third-order valence-corrected chi connectivity index (χ3v) is 7.25. The molecule has 1 aliphatic heterocycles. The van der Waals surface area contributed by atoms with Crippen LogP contribution in [0.3, 0.4) is 0 Å². The molecule has 35 heavy (non-hydrogen) atoms. The first kappa shape index (κ1) is 23.5. The Balaban J connectivity index is 1.47. The lowest BCUT2D eigenvalue weighted by Gasteiger charge is -2.29. The van der Waals surface area contributed by atoms with Crippen molar-refractivity contribution >= 4 is 33.2 Å². The molecule has 8 heteroatoms. The molecule has 1 saturated heterocycles. The van der Waals surface area contributed by atoms with E-state index < -0.39 is 0 Å². The molecule has 5 rings (SSSR count). The minimum Gasteiger partial charge on any atom is -0.496 e. The first-order chi connectivity index (χ1) is 17.0.